The van der Waals surface area contributed by atoms with E-state index in [2.05, 4.69) is 26.3 Å². The number of thiazole rings is 1. The Morgan fingerprint density at radius 3 is 3.12 bits per heavy atom. The van der Waals surface area contributed by atoms with Crippen molar-refractivity contribution in [1.82, 2.24) is 24.1 Å². The number of hydrogen-bond acceptors (Lipinski definition) is 6. The van der Waals surface area contributed by atoms with Gasteiger partial charge in [0.1, 0.15) is 11.7 Å². The SMILES string of the molecule is N#CC1CCCc2c(/C=C/c3csc(NC(=O)c4cccn4Cc4ccnc(F)c4)n3)ncn21. The molecule has 170 valence electrons. The van der Waals surface area contributed by atoms with Crippen LogP contribution in [-0.4, -0.2) is 30.0 Å². The summed E-state index contributed by atoms with van der Waals surface area (Å²) >= 11 is 1.33. The third-order valence-corrected chi connectivity index (χ3v) is 6.44. The van der Waals surface area contributed by atoms with Gasteiger partial charge in [0, 0.05) is 30.0 Å². The number of halogens is 1. The van der Waals surface area contributed by atoms with Gasteiger partial charge in [0.15, 0.2) is 5.13 Å². The number of carbonyl (C=O) groups excluding carboxylic acids is 1. The second-order valence-corrected chi connectivity index (χ2v) is 8.75. The van der Waals surface area contributed by atoms with E-state index in [-0.39, 0.29) is 11.9 Å². The van der Waals surface area contributed by atoms with Gasteiger partial charge in [0.2, 0.25) is 5.95 Å². The molecule has 34 heavy (non-hydrogen) atoms. The fourth-order valence-corrected chi connectivity index (χ4v) is 4.71. The minimum Gasteiger partial charge on any atom is -0.339 e. The summed E-state index contributed by atoms with van der Waals surface area (Å²) in [5, 5.41) is 14.5. The average molecular weight is 474 g/mol. The van der Waals surface area contributed by atoms with E-state index in [1.807, 2.05) is 22.1 Å². The summed E-state index contributed by atoms with van der Waals surface area (Å²) in [4.78, 5) is 25.3. The Morgan fingerprint density at radius 1 is 1.35 bits per heavy atom. The van der Waals surface area contributed by atoms with Crippen molar-refractivity contribution in [1.29, 1.82) is 5.26 Å². The van der Waals surface area contributed by atoms with Crippen molar-refractivity contribution in [2.45, 2.75) is 31.8 Å². The van der Waals surface area contributed by atoms with Crippen LogP contribution in [0.15, 0.2) is 48.4 Å². The van der Waals surface area contributed by atoms with Crippen LogP contribution in [0.5, 0.6) is 0 Å². The van der Waals surface area contributed by atoms with E-state index in [4.69, 9.17) is 0 Å². The zero-order valence-electron chi connectivity index (χ0n) is 18.1. The highest BCUT2D eigenvalue weighted by atomic mass is 32.1. The van der Waals surface area contributed by atoms with Crippen LogP contribution in [-0.2, 0) is 13.0 Å². The van der Waals surface area contributed by atoms with Crippen LogP contribution in [0.2, 0.25) is 0 Å². The number of amides is 1. The number of nitriles is 1. The van der Waals surface area contributed by atoms with Crippen molar-refractivity contribution in [3.05, 3.63) is 82.7 Å². The summed E-state index contributed by atoms with van der Waals surface area (Å²) in [6.45, 7) is 0.350. The number of nitrogens with one attached hydrogen (secondary N) is 1. The first kappa shape index (κ1) is 21.7. The van der Waals surface area contributed by atoms with E-state index in [1.165, 1.54) is 23.6 Å². The van der Waals surface area contributed by atoms with E-state index in [0.29, 0.717) is 28.6 Å². The van der Waals surface area contributed by atoms with Crippen LogP contribution >= 0.6 is 11.3 Å². The van der Waals surface area contributed by atoms with Crippen LogP contribution in [0.25, 0.3) is 12.2 Å². The van der Waals surface area contributed by atoms with Crippen molar-refractivity contribution in [2.24, 2.45) is 0 Å². The molecule has 1 amide bonds. The molecule has 4 aromatic heterocycles. The Kier molecular flexibility index (Phi) is 6.01. The van der Waals surface area contributed by atoms with Gasteiger partial charge in [0.05, 0.1) is 23.8 Å². The molecule has 0 saturated heterocycles. The molecule has 1 aliphatic rings. The van der Waals surface area contributed by atoms with Crippen LogP contribution in [0.3, 0.4) is 0 Å². The molecule has 4 aromatic rings. The lowest BCUT2D eigenvalue weighted by atomic mass is 10.0. The third-order valence-electron chi connectivity index (χ3n) is 5.66. The molecule has 8 nitrogen and oxygen atoms in total. The van der Waals surface area contributed by atoms with Gasteiger partial charge in [-0.15, -0.1) is 11.3 Å². The Balaban J connectivity index is 1.26. The molecule has 0 saturated carbocycles. The fraction of sp³-hybridized carbons (Fsp3) is 0.208. The maximum absolute atomic E-state index is 13.4. The van der Waals surface area contributed by atoms with Crippen LogP contribution < -0.4 is 5.32 Å². The molecule has 1 aliphatic heterocycles. The van der Waals surface area contributed by atoms with Crippen molar-refractivity contribution in [3.63, 3.8) is 0 Å². The minimum atomic E-state index is -0.556. The number of hydrogen-bond donors (Lipinski definition) is 1. The molecule has 1 unspecified atom stereocenters. The predicted molar refractivity (Wildman–Crippen MR) is 127 cm³/mol. The van der Waals surface area contributed by atoms with Crippen LogP contribution in [0, 0.1) is 17.3 Å². The largest absolute Gasteiger partial charge is 0.339 e. The fourth-order valence-electron chi connectivity index (χ4n) is 4.04. The number of anilines is 1. The Bertz CT molecular complexity index is 1410. The molecule has 1 atom stereocenters. The Hall–Kier alpha value is -4.10. The van der Waals surface area contributed by atoms with Gasteiger partial charge in [-0.3, -0.25) is 10.1 Å². The van der Waals surface area contributed by atoms with Gasteiger partial charge in [-0.2, -0.15) is 9.65 Å². The first-order valence-electron chi connectivity index (χ1n) is 10.8. The number of aromatic nitrogens is 5. The lowest BCUT2D eigenvalue weighted by molar-refractivity contribution is 0.101. The highest BCUT2D eigenvalue weighted by molar-refractivity contribution is 7.14. The quantitative estimate of drug-likeness (QED) is 0.414. The van der Waals surface area contributed by atoms with Crippen LogP contribution in [0.1, 0.15) is 52.0 Å². The summed E-state index contributed by atoms with van der Waals surface area (Å²) in [5.74, 6) is -0.852. The number of carbonyl (C=O) groups is 1. The summed E-state index contributed by atoms with van der Waals surface area (Å²) in [7, 11) is 0. The second kappa shape index (κ2) is 9.41. The van der Waals surface area contributed by atoms with Crippen molar-refractivity contribution >= 4 is 34.5 Å². The molecule has 0 radical (unpaired) electrons. The first-order valence-corrected chi connectivity index (χ1v) is 11.6. The molecule has 0 aromatic carbocycles. The maximum Gasteiger partial charge on any atom is 0.274 e. The monoisotopic (exact) mass is 473 g/mol. The van der Waals surface area contributed by atoms with Gasteiger partial charge in [-0.1, -0.05) is 0 Å². The van der Waals surface area contributed by atoms with Crippen molar-refractivity contribution < 1.29 is 9.18 Å². The third kappa shape index (κ3) is 4.51. The summed E-state index contributed by atoms with van der Waals surface area (Å²) in [6.07, 6.45) is 11.4. The molecular formula is C24H20FN7OS. The standard InChI is InChI=1S/C24H20FN7OS/c25-22-11-16(8-9-27-22)13-31-10-2-5-21(31)23(33)30-24-29-17(14-34-24)6-7-19-20-4-1-3-18(12-26)32(20)15-28-19/h2,5-11,14-15,18H,1,3-4,13H2,(H,29,30,33)/b7-6+. The lowest BCUT2D eigenvalue weighted by Gasteiger charge is -2.19. The number of nitrogens with zero attached hydrogens (tertiary/aromatic N) is 6. The zero-order valence-corrected chi connectivity index (χ0v) is 18.9. The summed E-state index contributed by atoms with van der Waals surface area (Å²) in [6, 6.07) is 8.70. The van der Waals surface area contributed by atoms with E-state index in [9.17, 15) is 14.4 Å². The number of pyridine rings is 1. The highest BCUT2D eigenvalue weighted by Crippen LogP contribution is 2.27. The zero-order chi connectivity index (χ0) is 23.5. The molecule has 0 fully saturated rings. The summed E-state index contributed by atoms with van der Waals surface area (Å²) < 4.78 is 17.1. The van der Waals surface area contributed by atoms with Gasteiger partial charge in [-0.25, -0.2) is 15.0 Å². The number of imidazole rings is 1. The molecule has 10 heteroatoms. The van der Waals surface area contributed by atoms with Crippen LogP contribution in [0.4, 0.5) is 9.52 Å². The molecular weight excluding hydrogens is 453 g/mol. The van der Waals surface area contributed by atoms with Gasteiger partial charge in [0.25, 0.3) is 5.91 Å². The van der Waals surface area contributed by atoms with E-state index < -0.39 is 5.95 Å². The first-order chi connectivity index (χ1) is 16.6. The predicted octanol–water partition coefficient (Wildman–Crippen LogP) is 4.55. The molecule has 0 bridgehead atoms. The highest BCUT2D eigenvalue weighted by Gasteiger charge is 2.21. The number of fused-ring (bicyclic) bond motifs is 1. The Morgan fingerprint density at radius 2 is 2.26 bits per heavy atom. The normalized spacial score (nSPS) is 15.2. The minimum absolute atomic E-state index is 0.156. The smallest absolute Gasteiger partial charge is 0.274 e. The Labute approximate surface area is 199 Å². The summed E-state index contributed by atoms with van der Waals surface area (Å²) in [5.41, 5.74) is 3.76. The van der Waals surface area contributed by atoms with E-state index in [0.717, 1.165) is 30.7 Å². The van der Waals surface area contributed by atoms with Gasteiger partial charge >= 0.3 is 0 Å². The van der Waals surface area contributed by atoms with Gasteiger partial charge in [-0.05, 0) is 61.2 Å². The number of rotatable bonds is 6. The van der Waals surface area contributed by atoms with Gasteiger partial charge < -0.3 is 9.13 Å². The van der Waals surface area contributed by atoms with E-state index in [1.54, 1.807) is 35.3 Å². The molecule has 1 N–H and O–H groups in total. The molecule has 5 rings (SSSR count). The molecule has 0 spiro atoms. The lowest BCUT2D eigenvalue weighted by Crippen LogP contribution is -2.17. The maximum atomic E-state index is 13.4. The van der Waals surface area contributed by atoms with Crippen molar-refractivity contribution in [3.8, 4) is 6.07 Å². The molecule has 5 heterocycles. The topological polar surface area (TPSA) is 101 Å². The average Bonchev–Trinajstić information content (AvgIpc) is 3.57. The second-order valence-electron chi connectivity index (χ2n) is 7.89. The van der Waals surface area contributed by atoms with E-state index >= 15 is 0 Å². The molecule has 0 aliphatic carbocycles. The van der Waals surface area contributed by atoms with Crippen molar-refractivity contribution in [2.75, 3.05) is 5.32 Å².